The Hall–Kier alpha value is -0.380. The molecule has 1 N–H and O–H groups in total. The summed E-state index contributed by atoms with van der Waals surface area (Å²) in [6.07, 6.45) is 2.44. The van der Waals surface area contributed by atoms with Crippen LogP contribution in [0.2, 0.25) is 0 Å². The van der Waals surface area contributed by atoms with Crippen molar-refractivity contribution in [3.8, 4) is 0 Å². The number of nitrogens with one attached hydrogen (secondary N) is 1. The summed E-state index contributed by atoms with van der Waals surface area (Å²) < 4.78 is 1.23. The van der Waals surface area contributed by atoms with Gasteiger partial charge < -0.3 is 10.2 Å². The molecule has 1 aliphatic rings. The predicted octanol–water partition coefficient (Wildman–Crippen LogP) is 2.60. The molecular weight excluding hydrogens is 276 g/mol. The van der Waals surface area contributed by atoms with Crippen LogP contribution in [-0.2, 0) is 6.42 Å². The number of aryl methyl sites for hydroxylation is 2. The number of halogens is 1. The maximum atomic E-state index is 3.60. The molecule has 0 amide bonds. The molecule has 2 nitrogen and oxygen atoms in total. The van der Waals surface area contributed by atoms with Crippen LogP contribution in [0.4, 0.5) is 0 Å². The molecule has 1 aliphatic heterocycles. The molecule has 0 aliphatic carbocycles. The second kappa shape index (κ2) is 6.53. The third-order valence-electron chi connectivity index (χ3n) is 3.39. The average molecular weight is 297 g/mol. The minimum absolute atomic E-state index is 1.15. The minimum Gasteiger partial charge on any atom is -0.314 e. The van der Waals surface area contributed by atoms with E-state index in [0.29, 0.717) is 0 Å². The lowest BCUT2D eigenvalue weighted by Gasteiger charge is -2.27. The van der Waals surface area contributed by atoms with E-state index < -0.39 is 0 Å². The maximum absolute atomic E-state index is 3.60. The number of hydrogen-bond acceptors (Lipinski definition) is 2. The largest absolute Gasteiger partial charge is 0.314 e. The molecule has 3 heteroatoms. The van der Waals surface area contributed by atoms with Crippen LogP contribution in [0, 0.1) is 6.92 Å². The van der Waals surface area contributed by atoms with Gasteiger partial charge in [-0.2, -0.15) is 0 Å². The summed E-state index contributed by atoms with van der Waals surface area (Å²) in [7, 11) is 0. The predicted molar refractivity (Wildman–Crippen MR) is 76.5 cm³/mol. The van der Waals surface area contributed by atoms with Crippen LogP contribution in [0.5, 0.6) is 0 Å². The van der Waals surface area contributed by atoms with Gasteiger partial charge >= 0.3 is 0 Å². The Labute approximate surface area is 113 Å². The molecule has 1 aromatic carbocycles. The summed E-state index contributed by atoms with van der Waals surface area (Å²) in [5, 5.41) is 3.39. The van der Waals surface area contributed by atoms with Crippen molar-refractivity contribution >= 4 is 15.9 Å². The Morgan fingerprint density at radius 2 is 2.06 bits per heavy atom. The number of nitrogens with zero attached hydrogens (tertiary/aromatic N) is 1. The second-order valence-electron chi connectivity index (χ2n) is 4.78. The van der Waals surface area contributed by atoms with Crippen LogP contribution in [0.15, 0.2) is 22.7 Å². The third kappa shape index (κ3) is 4.09. The molecule has 0 saturated carbocycles. The summed E-state index contributed by atoms with van der Waals surface area (Å²) in [5.74, 6) is 0. The van der Waals surface area contributed by atoms with Gasteiger partial charge in [0.25, 0.3) is 0 Å². The van der Waals surface area contributed by atoms with Gasteiger partial charge in [0.15, 0.2) is 0 Å². The van der Waals surface area contributed by atoms with E-state index in [4.69, 9.17) is 0 Å². The van der Waals surface area contributed by atoms with E-state index in [-0.39, 0.29) is 0 Å². The van der Waals surface area contributed by atoms with E-state index >= 15 is 0 Å². The molecule has 0 spiro atoms. The molecule has 0 atom stereocenters. The van der Waals surface area contributed by atoms with Gasteiger partial charge in [0.05, 0.1) is 0 Å². The quantitative estimate of drug-likeness (QED) is 0.919. The standard InChI is InChI=1S/C14H21BrN2/c1-12-4-5-13(11-14(12)15)3-2-8-17-9-6-16-7-10-17/h4-5,11,16H,2-3,6-10H2,1H3. The molecule has 1 fully saturated rings. The van der Waals surface area contributed by atoms with Crippen molar-refractivity contribution in [3.05, 3.63) is 33.8 Å². The van der Waals surface area contributed by atoms with E-state index in [2.05, 4.69) is 51.3 Å². The Kier molecular flexibility index (Phi) is 5.01. The van der Waals surface area contributed by atoms with Gasteiger partial charge in [-0.1, -0.05) is 28.1 Å². The summed E-state index contributed by atoms with van der Waals surface area (Å²) in [4.78, 5) is 2.56. The van der Waals surface area contributed by atoms with Crippen LogP contribution in [0.1, 0.15) is 17.5 Å². The minimum atomic E-state index is 1.15. The monoisotopic (exact) mass is 296 g/mol. The summed E-state index contributed by atoms with van der Waals surface area (Å²) in [6.45, 7) is 8.07. The van der Waals surface area contributed by atoms with Crippen LogP contribution in [0.25, 0.3) is 0 Å². The first-order valence-electron chi connectivity index (χ1n) is 6.44. The highest BCUT2D eigenvalue weighted by molar-refractivity contribution is 9.10. The molecule has 1 aromatic rings. The van der Waals surface area contributed by atoms with Gasteiger partial charge in [0.2, 0.25) is 0 Å². The lowest BCUT2D eigenvalue weighted by atomic mass is 10.1. The van der Waals surface area contributed by atoms with Crippen LogP contribution < -0.4 is 5.32 Å². The smallest absolute Gasteiger partial charge is 0.0207 e. The van der Waals surface area contributed by atoms with E-state index in [1.165, 1.54) is 48.1 Å². The molecule has 0 bridgehead atoms. The molecule has 0 aromatic heterocycles. The molecule has 0 radical (unpaired) electrons. The lowest BCUT2D eigenvalue weighted by Crippen LogP contribution is -2.43. The molecule has 1 heterocycles. The lowest BCUT2D eigenvalue weighted by molar-refractivity contribution is 0.238. The Morgan fingerprint density at radius 1 is 1.29 bits per heavy atom. The van der Waals surface area contributed by atoms with Crippen molar-refractivity contribution in [2.75, 3.05) is 32.7 Å². The van der Waals surface area contributed by atoms with Crippen molar-refractivity contribution in [2.45, 2.75) is 19.8 Å². The zero-order valence-electron chi connectivity index (χ0n) is 10.5. The van der Waals surface area contributed by atoms with Crippen LogP contribution in [-0.4, -0.2) is 37.6 Å². The molecular formula is C14H21BrN2. The maximum Gasteiger partial charge on any atom is 0.0207 e. The van der Waals surface area contributed by atoms with E-state index in [9.17, 15) is 0 Å². The highest BCUT2D eigenvalue weighted by Gasteiger charge is 2.08. The molecule has 1 saturated heterocycles. The number of benzene rings is 1. The highest BCUT2D eigenvalue weighted by atomic mass is 79.9. The van der Waals surface area contributed by atoms with Crippen LogP contribution >= 0.6 is 15.9 Å². The van der Waals surface area contributed by atoms with Crippen molar-refractivity contribution in [3.63, 3.8) is 0 Å². The first-order valence-corrected chi connectivity index (χ1v) is 7.23. The van der Waals surface area contributed by atoms with Gasteiger partial charge in [-0.3, -0.25) is 0 Å². The fourth-order valence-electron chi connectivity index (χ4n) is 2.23. The molecule has 17 heavy (non-hydrogen) atoms. The summed E-state index contributed by atoms with van der Waals surface area (Å²) >= 11 is 3.60. The summed E-state index contributed by atoms with van der Waals surface area (Å²) in [6, 6.07) is 6.70. The van der Waals surface area contributed by atoms with Gasteiger partial charge in [0.1, 0.15) is 0 Å². The zero-order chi connectivity index (χ0) is 12.1. The van der Waals surface area contributed by atoms with Crippen molar-refractivity contribution < 1.29 is 0 Å². The van der Waals surface area contributed by atoms with E-state index in [0.717, 1.165) is 13.1 Å². The average Bonchev–Trinajstić information content (AvgIpc) is 2.35. The zero-order valence-corrected chi connectivity index (χ0v) is 12.1. The molecule has 0 unspecified atom stereocenters. The van der Waals surface area contributed by atoms with Crippen molar-refractivity contribution in [2.24, 2.45) is 0 Å². The normalized spacial score (nSPS) is 17.3. The first-order chi connectivity index (χ1) is 8.25. The van der Waals surface area contributed by atoms with Crippen LogP contribution in [0.3, 0.4) is 0 Å². The number of rotatable bonds is 4. The molecule has 2 rings (SSSR count). The van der Waals surface area contributed by atoms with Gasteiger partial charge in [0, 0.05) is 30.7 Å². The number of piperazine rings is 1. The number of hydrogen-bond donors (Lipinski definition) is 1. The Bertz CT molecular complexity index is 359. The molecule has 94 valence electrons. The van der Waals surface area contributed by atoms with Crippen molar-refractivity contribution in [1.82, 2.24) is 10.2 Å². The Morgan fingerprint density at radius 3 is 2.76 bits per heavy atom. The second-order valence-corrected chi connectivity index (χ2v) is 5.63. The fraction of sp³-hybridized carbons (Fsp3) is 0.571. The summed E-state index contributed by atoms with van der Waals surface area (Å²) in [5.41, 5.74) is 2.76. The van der Waals surface area contributed by atoms with Gasteiger partial charge in [-0.15, -0.1) is 0 Å². The van der Waals surface area contributed by atoms with Gasteiger partial charge in [-0.25, -0.2) is 0 Å². The van der Waals surface area contributed by atoms with E-state index in [1.54, 1.807) is 0 Å². The third-order valence-corrected chi connectivity index (χ3v) is 4.24. The first kappa shape index (κ1) is 13.1. The topological polar surface area (TPSA) is 15.3 Å². The van der Waals surface area contributed by atoms with E-state index in [1.807, 2.05) is 0 Å². The fourth-order valence-corrected chi connectivity index (χ4v) is 2.66. The Balaban J connectivity index is 1.75. The van der Waals surface area contributed by atoms with Crippen molar-refractivity contribution in [1.29, 1.82) is 0 Å². The SMILES string of the molecule is Cc1ccc(CCCN2CCNCC2)cc1Br. The van der Waals surface area contributed by atoms with Gasteiger partial charge in [-0.05, 0) is 43.5 Å². The highest BCUT2D eigenvalue weighted by Crippen LogP contribution is 2.18.